The minimum absolute atomic E-state index is 0.0330. The molecule has 1 saturated heterocycles. The first-order valence-corrected chi connectivity index (χ1v) is 10.6. The van der Waals surface area contributed by atoms with E-state index in [1.807, 2.05) is 0 Å². The maximum atomic E-state index is 12.6. The summed E-state index contributed by atoms with van der Waals surface area (Å²) in [6.45, 7) is 4.72. The predicted octanol–water partition coefficient (Wildman–Crippen LogP) is 3.47. The molecule has 0 bridgehead atoms. The summed E-state index contributed by atoms with van der Waals surface area (Å²) in [4.78, 5) is 16.1. The van der Waals surface area contributed by atoms with E-state index < -0.39 is 0 Å². The molecular weight excluding hydrogens is 445 g/mol. The molecule has 1 aliphatic carbocycles. The van der Waals surface area contributed by atoms with Gasteiger partial charge in [-0.05, 0) is 47.6 Å². The van der Waals surface area contributed by atoms with Gasteiger partial charge in [-0.3, -0.25) is 9.69 Å². The highest BCUT2D eigenvalue weighted by atomic mass is 127. The molecular formula is C16H18INO3S2. The number of esters is 1. The monoisotopic (exact) mass is 463 g/mol. The molecule has 4 rings (SSSR count). The van der Waals surface area contributed by atoms with Gasteiger partial charge in [-0.25, -0.2) is 0 Å². The molecule has 2 fully saturated rings. The van der Waals surface area contributed by atoms with Gasteiger partial charge in [-0.1, -0.05) is 0 Å². The van der Waals surface area contributed by atoms with Crippen LogP contribution in [-0.2, 0) is 19.7 Å². The topological polar surface area (TPSA) is 38.8 Å². The van der Waals surface area contributed by atoms with Gasteiger partial charge in [-0.2, -0.15) is 0 Å². The second-order valence-electron chi connectivity index (χ2n) is 6.06. The molecule has 0 spiro atoms. The van der Waals surface area contributed by atoms with Crippen LogP contribution < -0.4 is 0 Å². The van der Waals surface area contributed by atoms with Crippen LogP contribution in [0.3, 0.4) is 0 Å². The number of carbonyl (C=O) groups is 1. The van der Waals surface area contributed by atoms with E-state index in [9.17, 15) is 4.79 Å². The highest BCUT2D eigenvalue weighted by Crippen LogP contribution is 2.53. The van der Waals surface area contributed by atoms with Crippen LogP contribution in [0, 0.1) is 2.88 Å². The first-order valence-electron chi connectivity index (χ1n) is 7.84. The number of hydrogen-bond donors (Lipinski definition) is 0. The molecule has 2 aromatic heterocycles. The largest absolute Gasteiger partial charge is 0.464 e. The number of halogens is 1. The van der Waals surface area contributed by atoms with Crippen molar-refractivity contribution in [1.82, 2.24) is 4.90 Å². The molecule has 1 saturated carbocycles. The van der Waals surface area contributed by atoms with Gasteiger partial charge >= 0.3 is 5.97 Å². The van der Waals surface area contributed by atoms with Gasteiger partial charge in [0.2, 0.25) is 0 Å². The number of fused-ring (bicyclic) bond motifs is 1. The third-order valence-electron chi connectivity index (χ3n) is 4.53. The minimum atomic E-state index is -0.347. The molecule has 0 amide bonds. The summed E-state index contributed by atoms with van der Waals surface area (Å²) in [6, 6.07) is 4.40. The molecule has 0 N–H and O–H groups in total. The smallest absolute Gasteiger partial charge is 0.317 e. The lowest BCUT2D eigenvalue weighted by Crippen LogP contribution is -2.39. The molecule has 0 radical (unpaired) electrons. The van der Waals surface area contributed by atoms with E-state index in [4.69, 9.17) is 9.47 Å². The van der Waals surface area contributed by atoms with Crippen LogP contribution in [0.15, 0.2) is 12.1 Å². The molecule has 0 atom stereocenters. The first-order chi connectivity index (χ1) is 11.2. The van der Waals surface area contributed by atoms with Gasteiger partial charge in [-0.15, -0.1) is 22.7 Å². The van der Waals surface area contributed by atoms with Gasteiger partial charge < -0.3 is 9.47 Å². The lowest BCUT2D eigenvalue weighted by Gasteiger charge is -2.26. The Morgan fingerprint density at radius 3 is 2.70 bits per heavy atom. The van der Waals surface area contributed by atoms with E-state index in [0.717, 1.165) is 45.7 Å². The van der Waals surface area contributed by atoms with Crippen molar-refractivity contribution in [2.45, 2.75) is 18.3 Å². The number of nitrogens with zero attached hydrogens (tertiary/aromatic N) is 1. The van der Waals surface area contributed by atoms with Gasteiger partial charge in [0.25, 0.3) is 0 Å². The van der Waals surface area contributed by atoms with Gasteiger partial charge in [0.05, 0.1) is 16.1 Å². The fraction of sp³-hybridized carbons (Fsp3) is 0.562. The number of thiophene rings is 2. The van der Waals surface area contributed by atoms with E-state index in [-0.39, 0.29) is 11.4 Å². The van der Waals surface area contributed by atoms with E-state index in [2.05, 4.69) is 39.6 Å². The Balaban J connectivity index is 1.37. The standard InChI is InChI=1S/C16H18INO3S2/c17-14-10-12-11(23-14)9-13(22-12)16(1-2-16)15(19)21-8-5-18-3-6-20-7-4-18/h9-10H,1-8H2. The molecule has 23 heavy (non-hydrogen) atoms. The van der Waals surface area contributed by atoms with Crippen LogP contribution in [0.2, 0.25) is 0 Å². The van der Waals surface area contributed by atoms with Crippen LogP contribution in [0.25, 0.3) is 9.40 Å². The fourth-order valence-electron chi connectivity index (χ4n) is 2.95. The summed E-state index contributed by atoms with van der Waals surface area (Å²) < 4.78 is 14.8. The van der Waals surface area contributed by atoms with Crippen molar-refractivity contribution in [3.63, 3.8) is 0 Å². The average molecular weight is 463 g/mol. The highest BCUT2D eigenvalue weighted by molar-refractivity contribution is 14.1. The molecule has 1 aliphatic heterocycles. The Bertz CT molecular complexity index is 685. The number of ether oxygens (including phenoxy) is 2. The lowest BCUT2D eigenvalue weighted by atomic mass is 10.1. The van der Waals surface area contributed by atoms with Crippen molar-refractivity contribution in [1.29, 1.82) is 0 Å². The molecule has 3 heterocycles. The van der Waals surface area contributed by atoms with Crippen LogP contribution >= 0.6 is 45.3 Å². The quantitative estimate of drug-likeness (QED) is 0.503. The number of hydrogen-bond acceptors (Lipinski definition) is 6. The zero-order valence-corrected chi connectivity index (χ0v) is 16.5. The maximum absolute atomic E-state index is 12.6. The molecule has 7 heteroatoms. The van der Waals surface area contributed by atoms with E-state index in [0.29, 0.717) is 6.61 Å². The maximum Gasteiger partial charge on any atom is 0.317 e. The van der Waals surface area contributed by atoms with Crippen molar-refractivity contribution >= 4 is 60.6 Å². The molecule has 2 aliphatic rings. The van der Waals surface area contributed by atoms with Crippen LogP contribution in [0.4, 0.5) is 0 Å². The number of carbonyl (C=O) groups excluding carboxylic acids is 1. The third-order valence-corrected chi connectivity index (χ3v) is 7.79. The van der Waals surface area contributed by atoms with E-state index in [1.165, 1.54) is 17.2 Å². The normalized spacial score (nSPS) is 20.7. The predicted molar refractivity (Wildman–Crippen MR) is 102 cm³/mol. The molecule has 4 nitrogen and oxygen atoms in total. The average Bonchev–Trinajstić information content (AvgIpc) is 3.16. The summed E-state index contributed by atoms with van der Waals surface area (Å²) in [5.74, 6) is -0.0330. The Morgan fingerprint density at radius 1 is 1.26 bits per heavy atom. The second kappa shape index (κ2) is 6.59. The van der Waals surface area contributed by atoms with Crippen molar-refractivity contribution in [3.8, 4) is 0 Å². The zero-order valence-electron chi connectivity index (χ0n) is 12.7. The zero-order chi connectivity index (χ0) is 15.9. The Labute approximate surface area is 156 Å². The van der Waals surface area contributed by atoms with Crippen LogP contribution in [0.5, 0.6) is 0 Å². The van der Waals surface area contributed by atoms with Crippen LogP contribution in [0.1, 0.15) is 17.7 Å². The highest BCUT2D eigenvalue weighted by Gasteiger charge is 2.54. The van der Waals surface area contributed by atoms with Crippen LogP contribution in [-0.4, -0.2) is 50.3 Å². The molecule has 2 aromatic rings. The first kappa shape index (κ1) is 16.3. The number of rotatable bonds is 5. The van der Waals surface area contributed by atoms with Crippen molar-refractivity contribution in [2.75, 3.05) is 39.5 Å². The molecule has 124 valence electrons. The minimum Gasteiger partial charge on any atom is -0.464 e. The Morgan fingerprint density at radius 2 is 2.00 bits per heavy atom. The third kappa shape index (κ3) is 3.30. The second-order valence-corrected chi connectivity index (χ2v) is 10.1. The van der Waals surface area contributed by atoms with E-state index in [1.54, 1.807) is 22.7 Å². The van der Waals surface area contributed by atoms with E-state index >= 15 is 0 Å². The Kier molecular flexibility index (Phi) is 4.66. The van der Waals surface area contributed by atoms with Gasteiger partial charge in [0.1, 0.15) is 12.0 Å². The SMILES string of the molecule is O=C(OCCN1CCOCC1)C1(c2cc3sc(I)cc3s2)CC1. The fourth-order valence-corrected chi connectivity index (χ4v) is 6.54. The van der Waals surface area contributed by atoms with Crippen molar-refractivity contribution in [3.05, 3.63) is 19.9 Å². The summed E-state index contributed by atoms with van der Waals surface area (Å²) in [5.41, 5.74) is -0.347. The van der Waals surface area contributed by atoms with Crippen molar-refractivity contribution in [2.24, 2.45) is 0 Å². The lowest BCUT2D eigenvalue weighted by molar-refractivity contribution is -0.147. The summed E-state index contributed by atoms with van der Waals surface area (Å²) in [6.07, 6.45) is 1.85. The van der Waals surface area contributed by atoms with Gasteiger partial charge in [0, 0.05) is 33.9 Å². The summed E-state index contributed by atoms with van der Waals surface area (Å²) >= 11 is 5.90. The van der Waals surface area contributed by atoms with Crippen molar-refractivity contribution < 1.29 is 14.3 Å². The Hall–Kier alpha value is -0.220. The summed E-state index contributed by atoms with van der Waals surface area (Å²) in [5, 5.41) is 0. The molecule has 0 unspecified atom stereocenters. The van der Waals surface area contributed by atoms with Gasteiger partial charge in [0.15, 0.2) is 0 Å². The molecule has 0 aromatic carbocycles. The number of morpholine rings is 1. The summed E-state index contributed by atoms with van der Waals surface area (Å²) in [7, 11) is 0.